The maximum atomic E-state index is 13.7. The molecule has 0 spiro atoms. The van der Waals surface area contributed by atoms with Crippen LogP contribution in [0.25, 0.3) is 27.5 Å². The van der Waals surface area contributed by atoms with Crippen molar-refractivity contribution in [3.05, 3.63) is 94.3 Å². The van der Waals surface area contributed by atoms with Gasteiger partial charge in [-0.1, -0.05) is 36.4 Å². The number of nitrogens with zero attached hydrogens (tertiary/aromatic N) is 3. The highest BCUT2D eigenvalue weighted by molar-refractivity contribution is 7.59. The average molecular weight is 473 g/mol. The number of aromatic amines is 1. The third kappa shape index (κ3) is 3.80. The van der Waals surface area contributed by atoms with Crippen molar-refractivity contribution in [3.63, 3.8) is 0 Å². The van der Waals surface area contributed by atoms with Crippen molar-refractivity contribution in [1.82, 2.24) is 19.5 Å². The topological polar surface area (TPSA) is 119 Å². The number of rotatable bonds is 5. The number of para-hydroxylation sites is 1. The summed E-state index contributed by atoms with van der Waals surface area (Å²) in [5, 5.41) is 5.42. The minimum Gasteiger partial charge on any atom is -0.366 e. The summed E-state index contributed by atoms with van der Waals surface area (Å²) in [4.78, 5) is 37.1. The first-order valence-corrected chi connectivity index (χ1v) is 10.5. The zero-order valence-electron chi connectivity index (χ0n) is 18.7. The average Bonchev–Trinajstić information content (AvgIpc) is 3.25. The molecule has 0 aliphatic heterocycles. The number of aryl methyl sites for hydroxylation is 1. The molecular formula is C25H24N6O2S. The van der Waals surface area contributed by atoms with Crippen LogP contribution >= 0.6 is 13.5 Å². The Balaban J connectivity index is 0.00000274. The van der Waals surface area contributed by atoms with Gasteiger partial charge in [-0.3, -0.25) is 14.2 Å². The van der Waals surface area contributed by atoms with E-state index in [4.69, 9.17) is 5.73 Å². The van der Waals surface area contributed by atoms with E-state index in [1.54, 1.807) is 4.57 Å². The number of hydrogen-bond acceptors (Lipinski definition) is 5. The first kappa shape index (κ1) is 23.1. The summed E-state index contributed by atoms with van der Waals surface area (Å²) < 4.78 is 1.72. The number of nitrogens with two attached hydrogens (primary N) is 1. The molecule has 5 rings (SSSR count). The Morgan fingerprint density at radius 1 is 1.09 bits per heavy atom. The highest BCUT2D eigenvalue weighted by Gasteiger charge is 2.20. The van der Waals surface area contributed by atoms with E-state index in [1.807, 2.05) is 68.4 Å². The Hall–Kier alpha value is -4.11. The number of fused-ring (bicyclic) bond motifs is 2. The summed E-state index contributed by atoms with van der Waals surface area (Å²) in [5.41, 5.74) is 8.70. The SMILES string of the molecule is Cc1cccc2cc([C@H](C)Nc3ncnc4[nH]cc(C(N)=O)c34)n(-c3ccccc3)c(=O)c12.S. The predicted molar refractivity (Wildman–Crippen MR) is 139 cm³/mol. The summed E-state index contributed by atoms with van der Waals surface area (Å²) in [7, 11) is 0. The van der Waals surface area contributed by atoms with Gasteiger partial charge in [-0.25, -0.2) is 9.97 Å². The summed E-state index contributed by atoms with van der Waals surface area (Å²) in [6.45, 7) is 3.88. The summed E-state index contributed by atoms with van der Waals surface area (Å²) in [6.07, 6.45) is 2.93. The van der Waals surface area contributed by atoms with Gasteiger partial charge in [-0.05, 0) is 43.0 Å². The number of amides is 1. The molecule has 0 bridgehead atoms. The van der Waals surface area contributed by atoms with E-state index in [0.29, 0.717) is 27.8 Å². The Labute approximate surface area is 202 Å². The lowest BCUT2D eigenvalue weighted by Gasteiger charge is -2.22. The van der Waals surface area contributed by atoms with Crippen LogP contribution in [0.15, 0.2) is 71.9 Å². The second-order valence-corrected chi connectivity index (χ2v) is 7.96. The van der Waals surface area contributed by atoms with Gasteiger partial charge in [0.1, 0.15) is 17.8 Å². The minimum absolute atomic E-state index is 0. The monoisotopic (exact) mass is 472 g/mol. The van der Waals surface area contributed by atoms with Crippen LogP contribution in [-0.2, 0) is 0 Å². The molecule has 1 atom stereocenters. The molecule has 1 amide bonds. The Morgan fingerprint density at radius 2 is 1.85 bits per heavy atom. The van der Waals surface area contributed by atoms with E-state index in [1.165, 1.54) is 12.5 Å². The second kappa shape index (κ2) is 9.03. The minimum atomic E-state index is -0.575. The predicted octanol–water partition coefficient (Wildman–Crippen LogP) is 3.96. The van der Waals surface area contributed by atoms with Gasteiger partial charge in [0.05, 0.1) is 22.4 Å². The molecule has 3 heterocycles. The van der Waals surface area contributed by atoms with Gasteiger partial charge in [-0.2, -0.15) is 13.5 Å². The molecule has 34 heavy (non-hydrogen) atoms. The van der Waals surface area contributed by atoms with E-state index < -0.39 is 5.91 Å². The van der Waals surface area contributed by atoms with Crippen LogP contribution in [0.4, 0.5) is 5.82 Å². The molecule has 172 valence electrons. The van der Waals surface area contributed by atoms with Gasteiger partial charge >= 0.3 is 0 Å². The number of anilines is 1. The van der Waals surface area contributed by atoms with Crippen LogP contribution in [-0.4, -0.2) is 25.4 Å². The zero-order chi connectivity index (χ0) is 23.1. The zero-order valence-corrected chi connectivity index (χ0v) is 19.7. The van der Waals surface area contributed by atoms with Crippen molar-refractivity contribution in [2.75, 3.05) is 5.32 Å². The van der Waals surface area contributed by atoms with Gasteiger partial charge in [0.2, 0.25) is 0 Å². The Bertz CT molecular complexity index is 1580. The molecule has 0 saturated heterocycles. The second-order valence-electron chi connectivity index (χ2n) is 7.96. The molecular weight excluding hydrogens is 448 g/mol. The molecule has 2 aromatic carbocycles. The fraction of sp³-hybridized carbons (Fsp3) is 0.120. The number of aromatic nitrogens is 4. The molecule has 0 aliphatic carbocycles. The van der Waals surface area contributed by atoms with Crippen LogP contribution in [0, 0.1) is 6.92 Å². The van der Waals surface area contributed by atoms with Gasteiger partial charge in [0, 0.05) is 17.6 Å². The number of carbonyl (C=O) groups excluding carboxylic acids is 1. The van der Waals surface area contributed by atoms with Crippen molar-refractivity contribution >= 4 is 47.0 Å². The van der Waals surface area contributed by atoms with E-state index in [0.717, 1.165) is 22.3 Å². The molecule has 4 N–H and O–H groups in total. The number of benzene rings is 2. The lowest BCUT2D eigenvalue weighted by Crippen LogP contribution is -2.26. The van der Waals surface area contributed by atoms with E-state index in [9.17, 15) is 9.59 Å². The van der Waals surface area contributed by atoms with Gasteiger partial charge < -0.3 is 16.0 Å². The van der Waals surface area contributed by atoms with Crippen molar-refractivity contribution in [3.8, 4) is 5.69 Å². The van der Waals surface area contributed by atoms with Crippen LogP contribution < -0.4 is 16.6 Å². The molecule has 0 unspecified atom stereocenters. The molecule has 5 aromatic rings. The molecule has 0 radical (unpaired) electrons. The largest absolute Gasteiger partial charge is 0.366 e. The number of pyridine rings is 1. The van der Waals surface area contributed by atoms with E-state index in [-0.39, 0.29) is 25.1 Å². The summed E-state index contributed by atoms with van der Waals surface area (Å²) >= 11 is 0. The number of hydrogen-bond donors (Lipinski definition) is 3. The molecule has 0 aliphatic rings. The normalized spacial score (nSPS) is 11.8. The number of H-pyrrole nitrogens is 1. The first-order valence-electron chi connectivity index (χ1n) is 10.5. The summed E-state index contributed by atoms with van der Waals surface area (Å²) in [6, 6.07) is 17.0. The molecule has 9 heteroatoms. The quantitative estimate of drug-likeness (QED) is 0.358. The fourth-order valence-corrected chi connectivity index (χ4v) is 4.26. The van der Waals surface area contributed by atoms with Gasteiger partial charge in [0.25, 0.3) is 11.5 Å². The third-order valence-corrected chi connectivity index (χ3v) is 5.83. The maximum Gasteiger partial charge on any atom is 0.263 e. The van der Waals surface area contributed by atoms with Crippen LogP contribution in [0.5, 0.6) is 0 Å². The molecule has 8 nitrogen and oxygen atoms in total. The molecule has 0 fully saturated rings. The standard InChI is InChI=1S/C25H22N6O2.H2S/c1-14-7-6-8-16-11-19(31(25(33)20(14)16)17-9-4-3-5-10-17)15(2)30-24-21-18(22(26)32)12-27-23(21)28-13-29-24;/h3-13,15H,1-2H3,(H2,26,32)(H2,27,28,29,30);1H2/t15-;/m0./s1. The van der Waals surface area contributed by atoms with Crippen LogP contribution in [0.1, 0.15) is 34.6 Å². The van der Waals surface area contributed by atoms with Gasteiger partial charge in [0.15, 0.2) is 0 Å². The van der Waals surface area contributed by atoms with Crippen LogP contribution in [0.3, 0.4) is 0 Å². The number of primary amides is 1. The van der Waals surface area contributed by atoms with Gasteiger partial charge in [-0.15, -0.1) is 0 Å². The maximum absolute atomic E-state index is 13.7. The highest BCUT2D eigenvalue weighted by Crippen LogP contribution is 2.29. The molecule has 3 aromatic heterocycles. The van der Waals surface area contributed by atoms with Crippen molar-refractivity contribution in [2.45, 2.75) is 19.9 Å². The van der Waals surface area contributed by atoms with Crippen molar-refractivity contribution in [1.29, 1.82) is 0 Å². The Morgan fingerprint density at radius 3 is 2.59 bits per heavy atom. The summed E-state index contributed by atoms with van der Waals surface area (Å²) in [5.74, 6) is -0.118. The van der Waals surface area contributed by atoms with Crippen molar-refractivity contribution in [2.24, 2.45) is 5.73 Å². The number of carbonyl (C=O) groups is 1. The van der Waals surface area contributed by atoms with Crippen LogP contribution in [0.2, 0.25) is 0 Å². The lowest BCUT2D eigenvalue weighted by atomic mass is 10.0. The smallest absolute Gasteiger partial charge is 0.263 e. The molecule has 0 saturated carbocycles. The lowest BCUT2D eigenvalue weighted by molar-refractivity contribution is 0.100. The van der Waals surface area contributed by atoms with Crippen molar-refractivity contribution < 1.29 is 4.79 Å². The highest BCUT2D eigenvalue weighted by atomic mass is 32.1. The number of nitrogens with one attached hydrogen (secondary N) is 2. The van der Waals surface area contributed by atoms with E-state index >= 15 is 0 Å². The Kier molecular flexibility index (Phi) is 6.12. The van der Waals surface area contributed by atoms with E-state index in [2.05, 4.69) is 20.3 Å². The fourth-order valence-electron chi connectivity index (χ4n) is 4.26. The first-order chi connectivity index (χ1) is 16.0. The third-order valence-electron chi connectivity index (χ3n) is 5.83.